The number of amides is 1. The molecule has 0 aromatic heterocycles. The van der Waals surface area contributed by atoms with Gasteiger partial charge in [-0.15, -0.1) is 0 Å². The molecule has 1 aliphatic rings. The first-order valence-corrected chi connectivity index (χ1v) is 8.78. The Kier molecular flexibility index (Phi) is 5.49. The molecule has 25 heavy (non-hydrogen) atoms. The maximum atomic E-state index is 12.4. The number of carbonyl (C=O) groups is 2. The van der Waals surface area contributed by atoms with Crippen LogP contribution in [-0.4, -0.2) is 17.0 Å². The highest BCUT2D eigenvalue weighted by atomic mass is 16.4. The topological polar surface area (TPSA) is 66.4 Å². The number of rotatable bonds is 6. The van der Waals surface area contributed by atoms with Gasteiger partial charge in [0.1, 0.15) is 0 Å². The molecule has 2 N–H and O–H groups in total. The van der Waals surface area contributed by atoms with Gasteiger partial charge in [-0.25, -0.2) is 0 Å². The summed E-state index contributed by atoms with van der Waals surface area (Å²) in [5.41, 5.74) is 4.54. The van der Waals surface area contributed by atoms with E-state index in [4.69, 9.17) is 5.11 Å². The van der Waals surface area contributed by atoms with Crippen LogP contribution >= 0.6 is 0 Å². The summed E-state index contributed by atoms with van der Waals surface area (Å²) in [6.07, 6.45) is 4.79. The molecule has 3 rings (SSSR count). The third-order valence-corrected chi connectivity index (χ3v) is 4.69. The predicted octanol–water partition coefficient (Wildman–Crippen LogP) is 3.44. The van der Waals surface area contributed by atoms with Crippen molar-refractivity contribution in [3.63, 3.8) is 0 Å². The van der Waals surface area contributed by atoms with Crippen molar-refractivity contribution in [1.29, 1.82) is 0 Å². The van der Waals surface area contributed by atoms with Crippen molar-refractivity contribution in [3.05, 3.63) is 70.8 Å². The van der Waals surface area contributed by atoms with Gasteiger partial charge in [0.2, 0.25) is 5.91 Å². The minimum Gasteiger partial charge on any atom is -0.481 e. The van der Waals surface area contributed by atoms with Gasteiger partial charge in [-0.2, -0.15) is 0 Å². The molecule has 1 atom stereocenters. The molecule has 2 aromatic carbocycles. The van der Waals surface area contributed by atoms with E-state index in [0.717, 1.165) is 24.0 Å². The minimum atomic E-state index is -0.928. The summed E-state index contributed by atoms with van der Waals surface area (Å²) in [6.45, 7) is 0. The zero-order valence-corrected chi connectivity index (χ0v) is 14.2. The molecule has 0 saturated heterocycles. The lowest BCUT2D eigenvalue weighted by Gasteiger charge is -2.19. The quantitative estimate of drug-likeness (QED) is 0.848. The number of carboxylic acid groups (broad SMARTS) is 1. The van der Waals surface area contributed by atoms with Crippen LogP contribution in [0.5, 0.6) is 0 Å². The molecule has 0 heterocycles. The van der Waals surface area contributed by atoms with E-state index in [1.807, 2.05) is 36.4 Å². The van der Waals surface area contributed by atoms with Gasteiger partial charge < -0.3 is 10.4 Å². The van der Waals surface area contributed by atoms with E-state index in [2.05, 4.69) is 17.4 Å². The number of aliphatic carboxylic acids is 1. The smallest absolute Gasteiger partial charge is 0.305 e. The van der Waals surface area contributed by atoms with Gasteiger partial charge in [0.15, 0.2) is 0 Å². The number of nitrogens with one attached hydrogen (secondary N) is 1. The Morgan fingerprint density at radius 2 is 1.72 bits per heavy atom. The molecule has 1 amide bonds. The van der Waals surface area contributed by atoms with Crippen molar-refractivity contribution >= 4 is 11.9 Å². The monoisotopic (exact) mass is 337 g/mol. The second-order valence-electron chi connectivity index (χ2n) is 6.62. The van der Waals surface area contributed by atoms with Gasteiger partial charge in [-0.3, -0.25) is 9.59 Å². The molecular formula is C21H23NO3. The number of carboxylic acids is 1. The molecule has 2 aromatic rings. The van der Waals surface area contributed by atoms with E-state index < -0.39 is 12.0 Å². The first-order valence-electron chi connectivity index (χ1n) is 8.78. The van der Waals surface area contributed by atoms with E-state index in [0.29, 0.717) is 0 Å². The Balaban J connectivity index is 1.68. The summed E-state index contributed by atoms with van der Waals surface area (Å²) in [7, 11) is 0. The van der Waals surface area contributed by atoms with E-state index in [9.17, 15) is 9.59 Å². The Morgan fingerprint density at radius 3 is 2.44 bits per heavy atom. The number of benzene rings is 2. The average Bonchev–Trinajstić information content (AvgIpc) is 2.61. The van der Waals surface area contributed by atoms with E-state index in [-0.39, 0.29) is 18.7 Å². The molecule has 0 saturated carbocycles. The van der Waals surface area contributed by atoms with Crippen molar-refractivity contribution in [2.45, 2.75) is 44.6 Å². The van der Waals surface area contributed by atoms with Crippen LogP contribution in [0.4, 0.5) is 0 Å². The lowest BCUT2D eigenvalue weighted by Crippen LogP contribution is -2.31. The highest BCUT2D eigenvalue weighted by Crippen LogP contribution is 2.23. The van der Waals surface area contributed by atoms with Gasteiger partial charge in [-0.1, -0.05) is 48.5 Å². The van der Waals surface area contributed by atoms with Crippen LogP contribution in [0.1, 0.15) is 47.6 Å². The molecule has 0 radical (unpaired) electrons. The maximum Gasteiger partial charge on any atom is 0.305 e. The summed E-state index contributed by atoms with van der Waals surface area (Å²) in [5.74, 6) is -1.08. The van der Waals surface area contributed by atoms with Crippen molar-refractivity contribution in [2.24, 2.45) is 0 Å². The van der Waals surface area contributed by atoms with Crippen LogP contribution in [0, 0.1) is 0 Å². The van der Waals surface area contributed by atoms with Crippen LogP contribution in [-0.2, 0) is 28.9 Å². The Hall–Kier alpha value is -2.62. The molecule has 0 bridgehead atoms. The molecule has 130 valence electrons. The summed E-state index contributed by atoms with van der Waals surface area (Å²) in [5, 5.41) is 12.0. The second kappa shape index (κ2) is 7.97. The van der Waals surface area contributed by atoms with Crippen molar-refractivity contribution in [2.75, 3.05) is 0 Å². The summed E-state index contributed by atoms with van der Waals surface area (Å²) >= 11 is 0. The lowest BCUT2D eigenvalue weighted by atomic mass is 9.90. The van der Waals surface area contributed by atoms with Crippen LogP contribution in [0.3, 0.4) is 0 Å². The fourth-order valence-corrected chi connectivity index (χ4v) is 3.44. The zero-order chi connectivity index (χ0) is 17.6. The molecular weight excluding hydrogens is 314 g/mol. The number of carbonyl (C=O) groups excluding carboxylic acids is 1. The first kappa shape index (κ1) is 17.2. The number of hydrogen-bond donors (Lipinski definition) is 2. The van der Waals surface area contributed by atoms with Gasteiger partial charge in [-0.05, 0) is 47.9 Å². The minimum absolute atomic E-state index is 0.125. The molecule has 4 nitrogen and oxygen atoms in total. The Morgan fingerprint density at radius 1 is 1.00 bits per heavy atom. The SMILES string of the molecule is O=C(O)CC(NC(=O)Cc1ccc2c(c1)CCCC2)c1ccccc1. The fraction of sp³-hybridized carbons (Fsp3) is 0.333. The standard InChI is InChI=1S/C21H23NO3/c23-20(13-15-10-11-16-6-4-5-9-18(16)12-15)22-19(14-21(24)25)17-7-2-1-3-8-17/h1-3,7-8,10-12,19H,4-6,9,13-14H2,(H,22,23)(H,24,25). The van der Waals surface area contributed by atoms with Crippen LogP contribution in [0.25, 0.3) is 0 Å². The van der Waals surface area contributed by atoms with Crippen molar-refractivity contribution < 1.29 is 14.7 Å². The third kappa shape index (κ3) is 4.69. The molecule has 4 heteroatoms. The molecule has 0 aliphatic heterocycles. The van der Waals surface area contributed by atoms with Crippen LogP contribution in [0.2, 0.25) is 0 Å². The van der Waals surface area contributed by atoms with Gasteiger partial charge in [0.25, 0.3) is 0 Å². The normalized spacial score (nSPS) is 14.4. The average molecular weight is 337 g/mol. The fourth-order valence-electron chi connectivity index (χ4n) is 3.44. The first-order chi connectivity index (χ1) is 12.1. The van der Waals surface area contributed by atoms with Crippen molar-refractivity contribution in [1.82, 2.24) is 5.32 Å². The summed E-state index contributed by atoms with van der Waals surface area (Å²) in [6, 6.07) is 15.0. The Bertz CT molecular complexity index is 755. The molecule has 0 spiro atoms. The highest BCUT2D eigenvalue weighted by molar-refractivity contribution is 5.80. The van der Waals surface area contributed by atoms with Crippen LogP contribution in [0.15, 0.2) is 48.5 Å². The molecule has 0 fully saturated rings. The maximum absolute atomic E-state index is 12.4. The summed E-state index contributed by atoms with van der Waals surface area (Å²) in [4.78, 5) is 23.6. The van der Waals surface area contributed by atoms with Gasteiger partial charge >= 0.3 is 5.97 Å². The molecule has 1 unspecified atom stereocenters. The zero-order valence-electron chi connectivity index (χ0n) is 14.2. The lowest BCUT2D eigenvalue weighted by molar-refractivity contribution is -0.137. The van der Waals surface area contributed by atoms with E-state index in [1.54, 1.807) is 0 Å². The summed E-state index contributed by atoms with van der Waals surface area (Å²) < 4.78 is 0. The van der Waals surface area contributed by atoms with Gasteiger partial charge in [0, 0.05) is 0 Å². The van der Waals surface area contributed by atoms with E-state index >= 15 is 0 Å². The van der Waals surface area contributed by atoms with Gasteiger partial charge in [0.05, 0.1) is 18.9 Å². The number of hydrogen-bond acceptors (Lipinski definition) is 2. The van der Waals surface area contributed by atoms with Crippen molar-refractivity contribution in [3.8, 4) is 0 Å². The largest absolute Gasteiger partial charge is 0.481 e. The second-order valence-corrected chi connectivity index (χ2v) is 6.62. The predicted molar refractivity (Wildman–Crippen MR) is 96.4 cm³/mol. The van der Waals surface area contributed by atoms with Crippen LogP contribution < -0.4 is 5.32 Å². The number of fused-ring (bicyclic) bond motifs is 1. The number of aryl methyl sites for hydroxylation is 2. The Labute approximate surface area is 147 Å². The highest BCUT2D eigenvalue weighted by Gasteiger charge is 2.18. The third-order valence-electron chi connectivity index (χ3n) is 4.69. The van der Waals surface area contributed by atoms with E-state index in [1.165, 1.54) is 24.0 Å². The molecule has 1 aliphatic carbocycles.